The third kappa shape index (κ3) is 3.72. The summed E-state index contributed by atoms with van der Waals surface area (Å²) in [5.74, 6) is 1.31. The van der Waals surface area contributed by atoms with Gasteiger partial charge in [-0.25, -0.2) is 0 Å². The molecule has 0 aliphatic carbocycles. The number of nitrogens with zero attached hydrogens (tertiary/aromatic N) is 3. The fourth-order valence-electron chi connectivity index (χ4n) is 2.75. The second-order valence-corrected chi connectivity index (χ2v) is 6.55. The SMILES string of the molecule is Cc1noc(C2CCCCN2CC(=O)NCc2cccs2)n1. The number of hydrogen-bond acceptors (Lipinski definition) is 6. The first kappa shape index (κ1) is 15.2. The van der Waals surface area contributed by atoms with Gasteiger partial charge in [0, 0.05) is 4.88 Å². The predicted octanol–water partition coefficient (Wildman–Crippen LogP) is 2.28. The number of carbonyl (C=O) groups excluding carboxylic acids is 1. The van der Waals surface area contributed by atoms with Crippen LogP contribution in [0.1, 0.15) is 41.9 Å². The summed E-state index contributed by atoms with van der Waals surface area (Å²) in [4.78, 5) is 19.8. The number of likely N-dealkylation sites (tertiary alicyclic amines) is 1. The van der Waals surface area contributed by atoms with E-state index in [1.165, 1.54) is 0 Å². The molecule has 22 heavy (non-hydrogen) atoms. The number of rotatable bonds is 5. The summed E-state index contributed by atoms with van der Waals surface area (Å²) >= 11 is 1.65. The summed E-state index contributed by atoms with van der Waals surface area (Å²) < 4.78 is 5.30. The highest BCUT2D eigenvalue weighted by atomic mass is 32.1. The van der Waals surface area contributed by atoms with Gasteiger partial charge < -0.3 is 9.84 Å². The van der Waals surface area contributed by atoms with Crippen LogP contribution in [-0.2, 0) is 11.3 Å². The van der Waals surface area contributed by atoms with Crippen LogP contribution in [0.5, 0.6) is 0 Å². The van der Waals surface area contributed by atoms with Gasteiger partial charge >= 0.3 is 0 Å². The predicted molar refractivity (Wildman–Crippen MR) is 83.4 cm³/mol. The first-order valence-electron chi connectivity index (χ1n) is 7.56. The van der Waals surface area contributed by atoms with Crippen molar-refractivity contribution in [1.82, 2.24) is 20.4 Å². The number of thiophene rings is 1. The van der Waals surface area contributed by atoms with Crippen molar-refractivity contribution in [3.05, 3.63) is 34.1 Å². The molecule has 0 spiro atoms. The summed E-state index contributed by atoms with van der Waals surface area (Å²) in [7, 11) is 0. The molecule has 0 aromatic carbocycles. The van der Waals surface area contributed by atoms with Gasteiger partial charge in [-0.3, -0.25) is 9.69 Å². The van der Waals surface area contributed by atoms with Crippen LogP contribution >= 0.6 is 11.3 Å². The van der Waals surface area contributed by atoms with Gasteiger partial charge in [0.1, 0.15) is 0 Å². The molecular formula is C15H20N4O2S. The van der Waals surface area contributed by atoms with E-state index in [-0.39, 0.29) is 11.9 Å². The van der Waals surface area contributed by atoms with E-state index in [1.54, 1.807) is 11.3 Å². The molecule has 0 saturated carbocycles. The average molecular weight is 320 g/mol. The number of nitrogens with one attached hydrogen (secondary N) is 1. The molecule has 3 heterocycles. The fraction of sp³-hybridized carbons (Fsp3) is 0.533. The lowest BCUT2D eigenvalue weighted by Crippen LogP contribution is -2.41. The minimum absolute atomic E-state index is 0.0385. The second kappa shape index (κ2) is 7.02. The van der Waals surface area contributed by atoms with Crippen molar-refractivity contribution < 1.29 is 9.32 Å². The molecule has 1 atom stereocenters. The van der Waals surface area contributed by atoms with Gasteiger partial charge in [-0.1, -0.05) is 17.6 Å². The zero-order chi connectivity index (χ0) is 15.4. The maximum atomic E-state index is 12.2. The Morgan fingerprint density at radius 3 is 3.18 bits per heavy atom. The van der Waals surface area contributed by atoms with Gasteiger partial charge in [-0.05, 0) is 37.8 Å². The van der Waals surface area contributed by atoms with Gasteiger partial charge in [0.05, 0.1) is 19.1 Å². The summed E-state index contributed by atoms with van der Waals surface area (Å²) in [5, 5.41) is 8.85. The fourth-order valence-corrected chi connectivity index (χ4v) is 3.39. The smallest absolute Gasteiger partial charge is 0.243 e. The van der Waals surface area contributed by atoms with Crippen LogP contribution in [0.3, 0.4) is 0 Å². The third-order valence-electron chi connectivity index (χ3n) is 3.83. The van der Waals surface area contributed by atoms with Crippen molar-refractivity contribution >= 4 is 17.2 Å². The van der Waals surface area contributed by atoms with Crippen molar-refractivity contribution in [3.8, 4) is 0 Å². The van der Waals surface area contributed by atoms with E-state index in [1.807, 2.05) is 24.4 Å². The Kier molecular flexibility index (Phi) is 4.84. The molecule has 6 nitrogen and oxygen atoms in total. The lowest BCUT2D eigenvalue weighted by Gasteiger charge is -2.32. The van der Waals surface area contributed by atoms with Gasteiger partial charge in [0.25, 0.3) is 0 Å². The topological polar surface area (TPSA) is 71.3 Å². The monoisotopic (exact) mass is 320 g/mol. The maximum Gasteiger partial charge on any atom is 0.243 e. The quantitative estimate of drug-likeness (QED) is 0.915. The van der Waals surface area contributed by atoms with E-state index in [9.17, 15) is 4.79 Å². The van der Waals surface area contributed by atoms with Crippen LogP contribution in [0, 0.1) is 6.92 Å². The van der Waals surface area contributed by atoms with Crippen molar-refractivity contribution in [3.63, 3.8) is 0 Å². The van der Waals surface area contributed by atoms with Gasteiger partial charge in [-0.2, -0.15) is 4.98 Å². The number of amides is 1. The molecule has 2 aromatic heterocycles. The average Bonchev–Trinajstić information content (AvgIpc) is 3.17. The number of aromatic nitrogens is 2. The third-order valence-corrected chi connectivity index (χ3v) is 4.70. The molecule has 118 valence electrons. The second-order valence-electron chi connectivity index (χ2n) is 5.52. The minimum Gasteiger partial charge on any atom is -0.350 e. The Morgan fingerprint density at radius 1 is 1.55 bits per heavy atom. The molecule has 7 heteroatoms. The number of carbonyl (C=O) groups is 1. The Balaban J connectivity index is 1.57. The van der Waals surface area contributed by atoms with E-state index in [0.29, 0.717) is 24.8 Å². The zero-order valence-corrected chi connectivity index (χ0v) is 13.4. The van der Waals surface area contributed by atoms with Crippen LogP contribution in [0.25, 0.3) is 0 Å². The van der Waals surface area contributed by atoms with Gasteiger partial charge in [-0.15, -0.1) is 11.3 Å². The van der Waals surface area contributed by atoms with Crippen LogP contribution in [-0.4, -0.2) is 34.0 Å². The van der Waals surface area contributed by atoms with Gasteiger partial charge in [0.2, 0.25) is 11.8 Å². The molecule has 1 saturated heterocycles. The standard InChI is InChI=1S/C15H20N4O2S/c1-11-17-15(21-18-11)13-6-2-3-7-19(13)10-14(20)16-9-12-5-4-8-22-12/h4-5,8,13H,2-3,6-7,9-10H2,1H3,(H,16,20). The Hall–Kier alpha value is -1.73. The Labute approximate surface area is 133 Å². The molecule has 1 fully saturated rings. The Bertz CT molecular complexity index is 611. The summed E-state index contributed by atoms with van der Waals surface area (Å²) in [5.41, 5.74) is 0. The highest BCUT2D eigenvalue weighted by molar-refractivity contribution is 7.09. The van der Waals surface area contributed by atoms with E-state index >= 15 is 0 Å². The molecule has 1 aliphatic heterocycles. The number of hydrogen-bond donors (Lipinski definition) is 1. The van der Waals surface area contributed by atoms with Crippen molar-refractivity contribution in [1.29, 1.82) is 0 Å². The van der Waals surface area contributed by atoms with E-state index < -0.39 is 0 Å². The lowest BCUT2D eigenvalue weighted by atomic mass is 10.0. The molecule has 1 unspecified atom stereocenters. The highest BCUT2D eigenvalue weighted by Crippen LogP contribution is 2.29. The first-order valence-corrected chi connectivity index (χ1v) is 8.43. The molecule has 0 bridgehead atoms. The van der Waals surface area contributed by atoms with Crippen molar-refractivity contribution in [2.45, 2.75) is 38.8 Å². The molecular weight excluding hydrogens is 300 g/mol. The molecule has 1 amide bonds. The lowest BCUT2D eigenvalue weighted by molar-refractivity contribution is -0.123. The van der Waals surface area contributed by atoms with E-state index in [2.05, 4.69) is 20.4 Å². The maximum absolute atomic E-state index is 12.2. The Morgan fingerprint density at radius 2 is 2.45 bits per heavy atom. The largest absolute Gasteiger partial charge is 0.350 e. The molecule has 0 radical (unpaired) electrons. The molecule has 1 aliphatic rings. The minimum atomic E-state index is 0.0385. The van der Waals surface area contributed by atoms with Crippen molar-refractivity contribution in [2.24, 2.45) is 0 Å². The van der Waals surface area contributed by atoms with Crippen LogP contribution < -0.4 is 5.32 Å². The molecule has 2 aromatic rings. The number of aryl methyl sites for hydroxylation is 1. The summed E-state index contributed by atoms with van der Waals surface area (Å²) in [6.07, 6.45) is 3.18. The van der Waals surface area contributed by atoms with Crippen LogP contribution in [0.2, 0.25) is 0 Å². The normalized spacial score (nSPS) is 19.2. The number of piperidine rings is 1. The van der Waals surface area contributed by atoms with E-state index in [0.717, 1.165) is 30.7 Å². The van der Waals surface area contributed by atoms with Crippen molar-refractivity contribution in [2.75, 3.05) is 13.1 Å². The molecule has 1 N–H and O–H groups in total. The van der Waals surface area contributed by atoms with Crippen LogP contribution in [0.15, 0.2) is 22.0 Å². The van der Waals surface area contributed by atoms with Gasteiger partial charge in [0.15, 0.2) is 5.82 Å². The zero-order valence-electron chi connectivity index (χ0n) is 12.6. The summed E-state index contributed by atoms with van der Waals surface area (Å²) in [6, 6.07) is 4.07. The van der Waals surface area contributed by atoms with E-state index in [4.69, 9.17) is 4.52 Å². The first-order chi connectivity index (χ1) is 10.7. The summed E-state index contributed by atoms with van der Waals surface area (Å²) in [6.45, 7) is 3.67. The highest BCUT2D eigenvalue weighted by Gasteiger charge is 2.29. The van der Waals surface area contributed by atoms with Crippen LogP contribution in [0.4, 0.5) is 0 Å². The molecule has 3 rings (SSSR count).